The number of ether oxygens (including phenoxy) is 3. The Hall–Kier alpha value is -3.03. The Bertz CT molecular complexity index is 1000. The van der Waals surface area contributed by atoms with E-state index in [0.29, 0.717) is 49.3 Å². The van der Waals surface area contributed by atoms with Crippen molar-refractivity contribution >= 4 is 29.6 Å². The first-order valence-corrected chi connectivity index (χ1v) is 11.0. The lowest BCUT2D eigenvalue weighted by molar-refractivity contribution is -0.151. The zero-order valence-corrected chi connectivity index (χ0v) is 18.6. The Morgan fingerprint density at radius 3 is 2.50 bits per heavy atom. The molecule has 7 nitrogen and oxygen atoms in total. The number of amides is 1. The van der Waals surface area contributed by atoms with Crippen LogP contribution in [-0.2, 0) is 14.3 Å². The van der Waals surface area contributed by atoms with Crippen LogP contribution in [0.2, 0.25) is 5.02 Å². The van der Waals surface area contributed by atoms with Crippen LogP contribution in [0.15, 0.2) is 48.5 Å². The summed E-state index contributed by atoms with van der Waals surface area (Å²) < 4.78 is 16.0. The van der Waals surface area contributed by atoms with E-state index < -0.39 is 6.04 Å². The van der Waals surface area contributed by atoms with Gasteiger partial charge >= 0.3 is 5.97 Å². The van der Waals surface area contributed by atoms with Crippen LogP contribution in [-0.4, -0.2) is 61.3 Å². The van der Waals surface area contributed by atoms with Crippen LogP contribution in [0.5, 0.6) is 11.5 Å². The summed E-state index contributed by atoms with van der Waals surface area (Å²) in [5, 5.41) is 0.612. The van der Waals surface area contributed by atoms with Crippen LogP contribution < -0.4 is 9.47 Å². The summed E-state index contributed by atoms with van der Waals surface area (Å²) in [6, 6.07) is 12.3. The molecule has 0 saturated carbocycles. The molecule has 0 spiro atoms. The molecule has 8 heteroatoms. The quantitative estimate of drug-likeness (QED) is 0.489. The highest BCUT2D eigenvalue weighted by molar-refractivity contribution is 6.30. The van der Waals surface area contributed by atoms with E-state index in [1.54, 1.807) is 36.1 Å². The minimum absolute atomic E-state index is 0.0681. The summed E-state index contributed by atoms with van der Waals surface area (Å²) in [5.74, 6) is 1.03. The number of carbonyl (C=O) groups excluding carboxylic acids is 2. The van der Waals surface area contributed by atoms with Crippen LogP contribution in [0.1, 0.15) is 24.1 Å². The number of rotatable bonds is 6. The number of fused-ring (bicyclic) bond motifs is 1. The van der Waals surface area contributed by atoms with Crippen molar-refractivity contribution in [2.75, 3.05) is 39.6 Å². The Morgan fingerprint density at radius 2 is 1.78 bits per heavy atom. The van der Waals surface area contributed by atoms with E-state index in [-0.39, 0.29) is 18.7 Å². The van der Waals surface area contributed by atoms with Gasteiger partial charge in [-0.1, -0.05) is 29.8 Å². The van der Waals surface area contributed by atoms with Gasteiger partial charge in [-0.25, -0.2) is 4.79 Å². The Kier molecular flexibility index (Phi) is 6.97. The third-order valence-electron chi connectivity index (χ3n) is 5.50. The highest BCUT2D eigenvalue weighted by atomic mass is 35.5. The van der Waals surface area contributed by atoms with Gasteiger partial charge in [0.15, 0.2) is 11.5 Å². The monoisotopic (exact) mass is 456 g/mol. The number of carbonyl (C=O) groups is 2. The SMILES string of the molecule is CCOC(=O)[C@H](c1ccc(Cl)cc1)N1CCN(C(=O)/C=C/c2ccc3c(c2)OCO3)CC1. The van der Waals surface area contributed by atoms with Gasteiger partial charge in [-0.15, -0.1) is 0 Å². The van der Waals surface area contributed by atoms with Crippen molar-refractivity contribution in [2.24, 2.45) is 0 Å². The maximum Gasteiger partial charge on any atom is 0.328 e. The first-order chi connectivity index (χ1) is 15.5. The first kappa shape index (κ1) is 22.2. The fourth-order valence-corrected chi connectivity index (χ4v) is 3.98. The van der Waals surface area contributed by atoms with E-state index in [1.165, 1.54) is 0 Å². The summed E-state index contributed by atoms with van der Waals surface area (Å²) in [5.41, 5.74) is 1.70. The van der Waals surface area contributed by atoms with E-state index >= 15 is 0 Å². The smallest absolute Gasteiger partial charge is 0.328 e. The number of piperazine rings is 1. The molecule has 0 N–H and O–H groups in total. The predicted molar refractivity (Wildman–Crippen MR) is 121 cm³/mol. The van der Waals surface area contributed by atoms with Crippen LogP contribution >= 0.6 is 11.6 Å². The van der Waals surface area contributed by atoms with Gasteiger partial charge in [0.05, 0.1) is 6.61 Å². The molecule has 2 aliphatic heterocycles. The highest BCUT2D eigenvalue weighted by Gasteiger charge is 2.32. The molecule has 1 atom stereocenters. The van der Waals surface area contributed by atoms with Crippen molar-refractivity contribution < 1.29 is 23.8 Å². The normalized spacial score (nSPS) is 16.9. The molecule has 1 fully saturated rings. The summed E-state index contributed by atoms with van der Waals surface area (Å²) in [6.45, 7) is 4.49. The van der Waals surface area contributed by atoms with E-state index in [1.807, 2.05) is 35.2 Å². The van der Waals surface area contributed by atoms with Crippen molar-refractivity contribution in [2.45, 2.75) is 13.0 Å². The fourth-order valence-electron chi connectivity index (χ4n) is 3.85. The number of nitrogens with zero attached hydrogens (tertiary/aromatic N) is 2. The average Bonchev–Trinajstić information content (AvgIpc) is 3.27. The molecule has 0 aromatic heterocycles. The average molecular weight is 457 g/mol. The van der Waals surface area contributed by atoms with Gasteiger partial charge in [-0.05, 0) is 48.4 Å². The molecule has 2 heterocycles. The van der Waals surface area contributed by atoms with Gasteiger partial charge in [0, 0.05) is 37.3 Å². The van der Waals surface area contributed by atoms with Crippen LogP contribution in [0.25, 0.3) is 6.08 Å². The number of hydrogen-bond acceptors (Lipinski definition) is 6. The topological polar surface area (TPSA) is 68.3 Å². The molecule has 1 saturated heterocycles. The van der Waals surface area contributed by atoms with E-state index in [9.17, 15) is 9.59 Å². The second-order valence-electron chi connectivity index (χ2n) is 7.51. The lowest BCUT2D eigenvalue weighted by Crippen LogP contribution is -2.50. The van der Waals surface area contributed by atoms with Gasteiger partial charge in [-0.3, -0.25) is 9.69 Å². The molecule has 2 aromatic carbocycles. The molecule has 0 aliphatic carbocycles. The van der Waals surface area contributed by atoms with Gasteiger partial charge < -0.3 is 19.1 Å². The molecule has 2 aromatic rings. The third kappa shape index (κ3) is 5.06. The van der Waals surface area contributed by atoms with Crippen molar-refractivity contribution in [3.05, 3.63) is 64.7 Å². The molecule has 0 radical (unpaired) electrons. The van der Waals surface area contributed by atoms with Crippen molar-refractivity contribution in [1.82, 2.24) is 9.80 Å². The number of hydrogen-bond donors (Lipinski definition) is 0. The Morgan fingerprint density at radius 1 is 1.06 bits per heavy atom. The summed E-state index contributed by atoms with van der Waals surface area (Å²) >= 11 is 6.00. The second kappa shape index (κ2) is 10.1. The molecule has 0 bridgehead atoms. The molecule has 0 unspecified atom stereocenters. The zero-order chi connectivity index (χ0) is 22.5. The molecule has 32 heavy (non-hydrogen) atoms. The molecule has 168 valence electrons. The van der Waals surface area contributed by atoms with Gasteiger partial charge in [0.1, 0.15) is 6.04 Å². The standard InChI is InChI=1S/C24H25ClN2O5/c1-2-30-24(29)23(18-5-7-19(25)8-6-18)27-13-11-26(12-14-27)22(28)10-4-17-3-9-20-21(15-17)32-16-31-20/h3-10,15,23H,2,11-14,16H2,1H3/b10-4+/t23-/m0/s1. The number of benzene rings is 2. The van der Waals surface area contributed by atoms with Crippen molar-refractivity contribution in [3.63, 3.8) is 0 Å². The largest absolute Gasteiger partial charge is 0.465 e. The van der Waals surface area contributed by atoms with E-state index in [4.69, 9.17) is 25.8 Å². The lowest BCUT2D eigenvalue weighted by atomic mass is 10.0. The van der Waals surface area contributed by atoms with Gasteiger partial charge in [0.2, 0.25) is 12.7 Å². The summed E-state index contributed by atoms with van der Waals surface area (Å²) in [7, 11) is 0. The third-order valence-corrected chi connectivity index (χ3v) is 5.75. The van der Waals surface area contributed by atoms with Gasteiger partial charge in [0.25, 0.3) is 0 Å². The van der Waals surface area contributed by atoms with E-state index in [0.717, 1.165) is 11.1 Å². The van der Waals surface area contributed by atoms with Crippen LogP contribution in [0, 0.1) is 0 Å². The first-order valence-electron chi connectivity index (χ1n) is 10.6. The Labute approximate surface area is 192 Å². The fraction of sp³-hybridized carbons (Fsp3) is 0.333. The molecule has 2 aliphatic rings. The lowest BCUT2D eigenvalue weighted by Gasteiger charge is -2.38. The number of esters is 1. The minimum atomic E-state index is -0.520. The maximum atomic E-state index is 12.7. The Balaban J connectivity index is 1.38. The zero-order valence-electron chi connectivity index (χ0n) is 17.8. The molecule has 1 amide bonds. The van der Waals surface area contributed by atoms with Crippen molar-refractivity contribution in [1.29, 1.82) is 0 Å². The number of halogens is 1. The summed E-state index contributed by atoms with van der Waals surface area (Å²) in [6.07, 6.45) is 3.33. The minimum Gasteiger partial charge on any atom is -0.465 e. The maximum absolute atomic E-state index is 12.7. The summed E-state index contributed by atoms with van der Waals surface area (Å²) in [4.78, 5) is 29.2. The highest BCUT2D eigenvalue weighted by Crippen LogP contribution is 2.33. The van der Waals surface area contributed by atoms with Crippen LogP contribution in [0.3, 0.4) is 0 Å². The van der Waals surface area contributed by atoms with Crippen LogP contribution in [0.4, 0.5) is 0 Å². The second-order valence-corrected chi connectivity index (χ2v) is 7.95. The molecular weight excluding hydrogens is 432 g/mol. The molecular formula is C24H25ClN2O5. The van der Waals surface area contributed by atoms with Crippen molar-refractivity contribution in [3.8, 4) is 11.5 Å². The predicted octanol–water partition coefficient (Wildman–Crippen LogP) is 3.53. The molecule has 4 rings (SSSR count). The van der Waals surface area contributed by atoms with E-state index in [2.05, 4.69) is 0 Å². The van der Waals surface area contributed by atoms with Gasteiger partial charge in [-0.2, -0.15) is 0 Å².